The molecule has 2 aromatic heterocycles. The van der Waals surface area contributed by atoms with Gasteiger partial charge in [0.2, 0.25) is 0 Å². The highest BCUT2D eigenvalue weighted by Crippen LogP contribution is 2.30. The van der Waals surface area contributed by atoms with Crippen LogP contribution in [0, 0.1) is 13.8 Å². The number of aryl methyl sites for hydroxylation is 2. The van der Waals surface area contributed by atoms with Crippen molar-refractivity contribution in [3.8, 4) is 5.75 Å². The van der Waals surface area contributed by atoms with Crippen molar-refractivity contribution in [2.75, 3.05) is 13.7 Å². The van der Waals surface area contributed by atoms with Crippen LogP contribution >= 0.6 is 0 Å². The van der Waals surface area contributed by atoms with Crippen molar-refractivity contribution < 1.29 is 9.53 Å². The first kappa shape index (κ1) is 18.0. The summed E-state index contributed by atoms with van der Waals surface area (Å²) in [5.74, 6) is 0.641. The number of pyridine rings is 1. The molecule has 0 fully saturated rings. The van der Waals surface area contributed by atoms with Crippen LogP contribution in [0.3, 0.4) is 0 Å². The first-order valence-corrected chi connectivity index (χ1v) is 9.36. The first-order chi connectivity index (χ1) is 13.6. The molecular formula is C23H23N3O2. The number of nitrogens with one attached hydrogen (secondary N) is 1. The van der Waals surface area contributed by atoms with Gasteiger partial charge < -0.3 is 14.6 Å². The third-order valence-electron chi connectivity index (χ3n) is 5.02. The molecule has 0 aliphatic rings. The van der Waals surface area contributed by atoms with Gasteiger partial charge in [-0.3, -0.25) is 4.79 Å². The average molecular weight is 373 g/mol. The van der Waals surface area contributed by atoms with E-state index in [9.17, 15) is 4.79 Å². The molecule has 0 saturated heterocycles. The van der Waals surface area contributed by atoms with Gasteiger partial charge in [-0.1, -0.05) is 18.2 Å². The van der Waals surface area contributed by atoms with Crippen LogP contribution in [0.4, 0.5) is 0 Å². The van der Waals surface area contributed by atoms with E-state index in [4.69, 9.17) is 9.72 Å². The van der Waals surface area contributed by atoms with Crippen molar-refractivity contribution >= 4 is 27.8 Å². The van der Waals surface area contributed by atoms with Gasteiger partial charge in [0.25, 0.3) is 5.91 Å². The molecule has 0 atom stereocenters. The van der Waals surface area contributed by atoms with E-state index in [1.807, 2.05) is 13.0 Å². The van der Waals surface area contributed by atoms with Gasteiger partial charge >= 0.3 is 0 Å². The maximum Gasteiger partial charge on any atom is 0.251 e. The second-order valence-electron chi connectivity index (χ2n) is 6.93. The third-order valence-corrected chi connectivity index (χ3v) is 5.02. The lowest BCUT2D eigenvalue weighted by molar-refractivity contribution is 0.0952. The van der Waals surface area contributed by atoms with Crippen molar-refractivity contribution in [3.05, 3.63) is 71.4 Å². The largest absolute Gasteiger partial charge is 0.497 e. The number of rotatable bonds is 5. The van der Waals surface area contributed by atoms with Gasteiger partial charge in [0.15, 0.2) is 0 Å². The molecule has 2 heterocycles. The molecule has 1 amide bonds. The number of amides is 1. The molecule has 0 aliphatic heterocycles. The van der Waals surface area contributed by atoms with Crippen LogP contribution in [-0.4, -0.2) is 29.1 Å². The number of fused-ring (bicyclic) bond motifs is 3. The van der Waals surface area contributed by atoms with E-state index in [0.29, 0.717) is 18.7 Å². The Hall–Kier alpha value is -3.34. The lowest BCUT2D eigenvalue weighted by Gasteiger charge is -2.10. The number of methoxy groups -OCH3 is 1. The lowest BCUT2D eigenvalue weighted by atomic mass is 10.1. The molecule has 142 valence electrons. The summed E-state index contributed by atoms with van der Waals surface area (Å²) in [5.41, 5.74) is 4.94. The first-order valence-electron chi connectivity index (χ1n) is 9.36. The molecule has 5 heteroatoms. The van der Waals surface area contributed by atoms with Crippen molar-refractivity contribution in [1.82, 2.24) is 14.9 Å². The second-order valence-corrected chi connectivity index (χ2v) is 6.93. The van der Waals surface area contributed by atoms with Gasteiger partial charge in [-0.2, -0.15) is 0 Å². The summed E-state index contributed by atoms with van der Waals surface area (Å²) in [5, 5.41) is 5.39. The fraction of sp³-hybridized carbons (Fsp3) is 0.217. The molecule has 1 N–H and O–H groups in total. The minimum Gasteiger partial charge on any atom is -0.497 e. The smallest absolute Gasteiger partial charge is 0.251 e. The Balaban J connectivity index is 1.59. The van der Waals surface area contributed by atoms with Gasteiger partial charge in [-0.15, -0.1) is 0 Å². The van der Waals surface area contributed by atoms with Gasteiger partial charge in [-0.25, -0.2) is 4.98 Å². The molecule has 0 aliphatic carbocycles. The zero-order chi connectivity index (χ0) is 19.7. The Labute approximate surface area is 164 Å². The quantitative estimate of drug-likeness (QED) is 0.569. The fourth-order valence-corrected chi connectivity index (χ4v) is 3.73. The number of hydrogen-bond donors (Lipinski definition) is 1. The monoisotopic (exact) mass is 373 g/mol. The second kappa shape index (κ2) is 7.35. The van der Waals surface area contributed by atoms with Crippen LogP contribution in [0.5, 0.6) is 5.75 Å². The minimum atomic E-state index is -0.0938. The molecule has 0 unspecified atom stereocenters. The summed E-state index contributed by atoms with van der Waals surface area (Å²) < 4.78 is 7.33. The standard InChI is InChI=1S/C23H23N3O2/c1-15-14-16(2)25-22-21(15)19-6-4-5-7-20(19)26(22)13-12-24-23(27)17-8-10-18(28-3)11-9-17/h4-11,14H,12-13H2,1-3H3,(H,24,27). The molecular weight excluding hydrogens is 350 g/mol. The van der Waals surface area contributed by atoms with E-state index in [1.165, 1.54) is 16.3 Å². The normalized spacial score (nSPS) is 11.1. The highest BCUT2D eigenvalue weighted by atomic mass is 16.5. The maximum atomic E-state index is 12.4. The van der Waals surface area contributed by atoms with E-state index in [0.717, 1.165) is 22.6 Å². The Bertz CT molecular complexity index is 1160. The van der Waals surface area contributed by atoms with Crippen LogP contribution < -0.4 is 10.1 Å². The van der Waals surface area contributed by atoms with Gasteiger partial charge in [0.05, 0.1) is 12.6 Å². The fourth-order valence-electron chi connectivity index (χ4n) is 3.73. The summed E-state index contributed by atoms with van der Waals surface area (Å²) >= 11 is 0. The average Bonchev–Trinajstić information content (AvgIpc) is 3.02. The van der Waals surface area contributed by atoms with Crippen LogP contribution in [0.15, 0.2) is 54.6 Å². The minimum absolute atomic E-state index is 0.0938. The van der Waals surface area contributed by atoms with Crippen LogP contribution in [0.2, 0.25) is 0 Å². The summed E-state index contributed by atoms with van der Waals surface area (Å²) in [4.78, 5) is 17.2. The SMILES string of the molecule is COc1ccc(C(=O)NCCn2c3ccccc3c3c(C)cc(C)nc32)cc1. The number of carbonyl (C=O) groups is 1. The Morgan fingerprint density at radius 3 is 2.61 bits per heavy atom. The Morgan fingerprint density at radius 2 is 1.86 bits per heavy atom. The van der Waals surface area contributed by atoms with Crippen molar-refractivity contribution in [2.45, 2.75) is 20.4 Å². The molecule has 2 aromatic carbocycles. The predicted octanol–water partition coefficient (Wildman–Crippen LogP) is 4.24. The topological polar surface area (TPSA) is 56.1 Å². The molecule has 28 heavy (non-hydrogen) atoms. The molecule has 4 rings (SSSR count). The number of para-hydroxylation sites is 1. The van der Waals surface area contributed by atoms with E-state index in [1.54, 1.807) is 31.4 Å². The van der Waals surface area contributed by atoms with E-state index in [2.05, 4.69) is 41.1 Å². The summed E-state index contributed by atoms with van der Waals surface area (Å²) in [6, 6.07) is 17.6. The molecule has 0 saturated carbocycles. The highest BCUT2D eigenvalue weighted by molar-refractivity contribution is 6.08. The van der Waals surface area contributed by atoms with Gasteiger partial charge in [0.1, 0.15) is 11.4 Å². The number of carbonyl (C=O) groups excluding carboxylic acids is 1. The number of ether oxygens (including phenoxy) is 1. The van der Waals surface area contributed by atoms with E-state index >= 15 is 0 Å². The third kappa shape index (κ3) is 3.20. The van der Waals surface area contributed by atoms with Crippen molar-refractivity contribution in [1.29, 1.82) is 0 Å². The van der Waals surface area contributed by atoms with Crippen LogP contribution in [0.25, 0.3) is 21.9 Å². The number of nitrogens with zero attached hydrogens (tertiary/aromatic N) is 2. The molecule has 0 radical (unpaired) electrons. The molecule has 5 nitrogen and oxygen atoms in total. The summed E-state index contributed by atoms with van der Waals surface area (Å²) in [7, 11) is 1.61. The van der Waals surface area contributed by atoms with Crippen LogP contribution in [-0.2, 0) is 6.54 Å². The van der Waals surface area contributed by atoms with E-state index in [-0.39, 0.29) is 5.91 Å². The summed E-state index contributed by atoms with van der Waals surface area (Å²) in [6.45, 7) is 5.31. The number of benzene rings is 2. The molecule has 0 bridgehead atoms. The lowest BCUT2D eigenvalue weighted by Crippen LogP contribution is -2.27. The van der Waals surface area contributed by atoms with Gasteiger partial charge in [-0.05, 0) is 55.8 Å². The Kier molecular flexibility index (Phi) is 4.74. The molecule has 4 aromatic rings. The zero-order valence-electron chi connectivity index (χ0n) is 16.3. The Morgan fingerprint density at radius 1 is 1.11 bits per heavy atom. The van der Waals surface area contributed by atoms with Crippen LogP contribution in [0.1, 0.15) is 21.6 Å². The number of aromatic nitrogens is 2. The predicted molar refractivity (Wildman–Crippen MR) is 112 cm³/mol. The number of hydrogen-bond acceptors (Lipinski definition) is 3. The maximum absolute atomic E-state index is 12.4. The highest BCUT2D eigenvalue weighted by Gasteiger charge is 2.14. The zero-order valence-corrected chi connectivity index (χ0v) is 16.3. The van der Waals surface area contributed by atoms with E-state index < -0.39 is 0 Å². The molecule has 0 spiro atoms. The van der Waals surface area contributed by atoms with Gasteiger partial charge in [0, 0.05) is 35.1 Å². The summed E-state index contributed by atoms with van der Waals surface area (Å²) in [6.07, 6.45) is 0. The van der Waals surface area contributed by atoms with Crippen molar-refractivity contribution in [2.24, 2.45) is 0 Å². The van der Waals surface area contributed by atoms with Crippen molar-refractivity contribution in [3.63, 3.8) is 0 Å².